The predicted octanol–water partition coefficient (Wildman–Crippen LogP) is 1.97. The third-order valence-electron chi connectivity index (χ3n) is 2.74. The second kappa shape index (κ2) is 5.84. The predicted molar refractivity (Wildman–Crippen MR) is 74.1 cm³/mol. The van der Waals surface area contributed by atoms with Gasteiger partial charge in [-0.1, -0.05) is 32.9 Å². The molecule has 0 bridgehead atoms. The molecule has 4 nitrogen and oxygen atoms in total. The summed E-state index contributed by atoms with van der Waals surface area (Å²) in [6.45, 7) is 5.98. The van der Waals surface area contributed by atoms with Crippen molar-refractivity contribution in [1.82, 2.24) is 0 Å². The second-order valence-corrected chi connectivity index (χ2v) is 7.49. The molecule has 1 aromatic carbocycles. The van der Waals surface area contributed by atoms with Crippen molar-refractivity contribution in [2.45, 2.75) is 31.1 Å². The highest BCUT2D eigenvalue weighted by Crippen LogP contribution is 2.23. The standard InChI is InChI=1S/C14H20O4S/c1-14(2,3)11-5-7-13(8-6-11)19(16,17)10-12(15)9-18-4/h5-8H,9-10H2,1-4H3. The monoisotopic (exact) mass is 284 g/mol. The molecule has 19 heavy (non-hydrogen) atoms. The summed E-state index contributed by atoms with van der Waals surface area (Å²) in [7, 11) is -2.21. The van der Waals surface area contributed by atoms with E-state index in [2.05, 4.69) is 25.5 Å². The summed E-state index contributed by atoms with van der Waals surface area (Å²) in [6.07, 6.45) is 0. The first-order chi connectivity index (χ1) is 8.66. The number of hydrogen-bond donors (Lipinski definition) is 0. The zero-order chi connectivity index (χ0) is 14.7. The van der Waals surface area contributed by atoms with E-state index in [-0.39, 0.29) is 16.9 Å². The summed E-state index contributed by atoms with van der Waals surface area (Å²) in [5, 5.41) is 0. The van der Waals surface area contributed by atoms with Gasteiger partial charge in [0, 0.05) is 7.11 Å². The van der Waals surface area contributed by atoms with Crippen LogP contribution < -0.4 is 0 Å². The van der Waals surface area contributed by atoms with E-state index >= 15 is 0 Å². The highest BCUT2D eigenvalue weighted by atomic mass is 32.2. The van der Waals surface area contributed by atoms with Crippen molar-refractivity contribution in [2.75, 3.05) is 19.5 Å². The summed E-state index contributed by atoms with van der Waals surface area (Å²) in [6, 6.07) is 6.67. The van der Waals surface area contributed by atoms with E-state index in [9.17, 15) is 13.2 Å². The molecule has 1 aromatic rings. The van der Waals surface area contributed by atoms with Crippen molar-refractivity contribution in [3.05, 3.63) is 29.8 Å². The Morgan fingerprint density at radius 1 is 1.16 bits per heavy atom. The van der Waals surface area contributed by atoms with Crippen molar-refractivity contribution in [3.8, 4) is 0 Å². The number of methoxy groups -OCH3 is 1. The Balaban J connectivity index is 2.94. The number of carbonyl (C=O) groups is 1. The summed E-state index contributed by atoms with van der Waals surface area (Å²) >= 11 is 0. The van der Waals surface area contributed by atoms with E-state index in [1.807, 2.05) is 0 Å². The van der Waals surface area contributed by atoms with Gasteiger partial charge >= 0.3 is 0 Å². The molecule has 0 aromatic heterocycles. The third kappa shape index (κ3) is 4.44. The average Bonchev–Trinajstić information content (AvgIpc) is 2.27. The fourth-order valence-electron chi connectivity index (χ4n) is 1.66. The first-order valence-corrected chi connectivity index (χ1v) is 7.66. The van der Waals surface area contributed by atoms with Crippen LogP contribution in [0.3, 0.4) is 0 Å². The number of carbonyl (C=O) groups excluding carboxylic acids is 1. The van der Waals surface area contributed by atoms with Crippen molar-refractivity contribution in [3.63, 3.8) is 0 Å². The fourth-order valence-corrected chi connectivity index (χ4v) is 2.88. The average molecular weight is 284 g/mol. The number of hydrogen-bond acceptors (Lipinski definition) is 4. The fraction of sp³-hybridized carbons (Fsp3) is 0.500. The summed E-state index contributed by atoms with van der Waals surface area (Å²) in [5.74, 6) is -0.960. The molecule has 0 aliphatic rings. The lowest BCUT2D eigenvalue weighted by Gasteiger charge is -2.19. The highest BCUT2D eigenvalue weighted by molar-refractivity contribution is 7.92. The minimum Gasteiger partial charge on any atom is -0.377 e. The maximum atomic E-state index is 12.0. The Morgan fingerprint density at radius 2 is 1.68 bits per heavy atom. The largest absolute Gasteiger partial charge is 0.377 e. The van der Waals surface area contributed by atoms with Crippen LogP contribution in [-0.4, -0.2) is 33.7 Å². The first-order valence-electron chi connectivity index (χ1n) is 6.01. The lowest BCUT2D eigenvalue weighted by Crippen LogP contribution is -2.20. The molecular weight excluding hydrogens is 264 g/mol. The molecule has 106 valence electrons. The van der Waals surface area contributed by atoms with Gasteiger partial charge in [-0.05, 0) is 23.1 Å². The lowest BCUT2D eigenvalue weighted by atomic mass is 9.87. The first kappa shape index (κ1) is 15.9. The van der Waals surface area contributed by atoms with E-state index in [0.29, 0.717) is 0 Å². The van der Waals surface area contributed by atoms with Crippen molar-refractivity contribution in [2.24, 2.45) is 0 Å². The van der Waals surface area contributed by atoms with Crippen LogP contribution >= 0.6 is 0 Å². The maximum absolute atomic E-state index is 12.0. The molecule has 0 atom stereocenters. The molecule has 0 N–H and O–H groups in total. The van der Waals surface area contributed by atoms with Gasteiger partial charge in [0.05, 0.1) is 4.90 Å². The summed E-state index contributed by atoms with van der Waals surface area (Å²) in [4.78, 5) is 11.5. The van der Waals surface area contributed by atoms with E-state index in [1.165, 1.54) is 7.11 Å². The summed E-state index contributed by atoms with van der Waals surface area (Å²) < 4.78 is 28.6. The van der Waals surface area contributed by atoms with Crippen LogP contribution in [0.5, 0.6) is 0 Å². The van der Waals surface area contributed by atoms with Crippen LogP contribution in [0.2, 0.25) is 0 Å². The van der Waals surface area contributed by atoms with E-state index in [4.69, 9.17) is 0 Å². The van der Waals surface area contributed by atoms with Gasteiger partial charge in [-0.15, -0.1) is 0 Å². The zero-order valence-corrected chi connectivity index (χ0v) is 12.6. The van der Waals surface area contributed by atoms with E-state index < -0.39 is 21.4 Å². The van der Waals surface area contributed by atoms with Gasteiger partial charge < -0.3 is 4.74 Å². The Labute approximate surface area is 114 Å². The molecule has 5 heteroatoms. The molecule has 0 aliphatic heterocycles. The number of Topliss-reactive ketones (excluding diaryl/α,β-unsaturated/α-hetero) is 1. The normalized spacial score (nSPS) is 12.4. The Hall–Kier alpha value is -1.20. The van der Waals surface area contributed by atoms with Gasteiger partial charge in [-0.25, -0.2) is 8.42 Å². The van der Waals surface area contributed by atoms with Crippen molar-refractivity contribution in [1.29, 1.82) is 0 Å². The molecule has 0 unspecified atom stereocenters. The maximum Gasteiger partial charge on any atom is 0.185 e. The lowest BCUT2D eigenvalue weighted by molar-refractivity contribution is -0.120. The number of rotatable bonds is 5. The van der Waals surface area contributed by atoms with E-state index in [1.54, 1.807) is 24.3 Å². The Bertz CT molecular complexity index is 536. The summed E-state index contributed by atoms with van der Waals surface area (Å²) in [5.41, 5.74) is 1.02. The van der Waals surface area contributed by atoms with Gasteiger partial charge in [0.15, 0.2) is 15.6 Å². The van der Waals surface area contributed by atoms with Gasteiger partial charge in [0.1, 0.15) is 12.4 Å². The van der Waals surface area contributed by atoms with Crippen molar-refractivity contribution < 1.29 is 17.9 Å². The van der Waals surface area contributed by atoms with Crippen LogP contribution in [-0.2, 0) is 24.8 Å². The quantitative estimate of drug-likeness (QED) is 0.829. The van der Waals surface area contributed by atoms with Gasteiger partial charge in [-0.2, -0.15) is 0 Å². The molecule has 0 heterocycles. The SMILES string of the molecule is COCC(=O)CS(=O)(=O)c1ccc(C(C)(C)C)cc1. The van der Waals surface area contributed by atoms with Crippen LogP contribution in [0.1, 0.15) is 26.3 Å². The molecule has 1 rings (SSSR count). The van der Waals surface area contributed by atoms with Crippen LogP contribution in [0.25, 0.3) is 0 Å². The molecule has 0 aliphatic carbocycles. The van der Waals surface area contributed by atoms with Gasteiger partial charge in [0.2, 0.25) is 0 Å². The molecular formula is C14H20O4S. The Kier molecular flexibility index (Phi) is 4.87. The van der Waals surface area contributed by atoms with Crippen molar-refractivity contribution >= 4 is 15.6 Å². The number of ketones is 1. The van der Waals surface area contributed by atoms with Crippen LogP contribution in [0.15, 0.2) is 29.2 Å². The van der Waals surface area contributed by atoms with Crippen LogP contribution in [0.4, 0.5) is 0 Å². The zero-order valence-electron chi connectivity index (χ0n) is 11.8. The Morgan fingerprint density at radius 3 is 2.11 bits per heavy atom. The van der Waals surface area contributed by atoms with Gasteiger partial charge in [0.25, 0.3) is 0 Å². The minimum absolute atomic E-state index is 0.0336. The second-order valence-electron chi connectivity index (χ2n) is 5.51. The van der Waals surface area contributed by atoms with Gasteiger partial charge in [-0.3, -0.25) is 4.79 Å². The molecule has 0 radical (unpaired) electrons. The third-order valence-corrected chi connectivity index (χ3v) is 4.43. The molecule has 0 saturated heterocycles. The van der Waals surface area contributed by atoms with Crippen LogP contribution in [0, 0.1) is 0 Å². The number of ether oxygens (including phenoxy) is 1. The topological polar surface area (TPSA) is 60.4 Å². The minimum atomic E-state index is -3.57. The van der Waals surface area contributed by atoms with E-state index in [0.717, 1.165) is 5.56 Å². The smallest absolute Gasteiger partial charge is 0.185 e. The molecule has 0 fully saturated rings. The highest BCUT2D eigenvalue weighted by Gasteiger charge is 2.20. The molecule has 0 spiro atoms. The number of benzene rings is 1. The molecule has 0 saturated carbocycles. The number of sulfone groups is 1. The molecule has 0 amide bonds.